The summed E-state index contributed by atoms with van der Waals surface area (Å²) in [6.07, 6.45) is 0. The van der Waals surface area contributed by atoms with Gasteiger partial charge >= 0.3 is 0 Å². The lowest BCUT2D eigenvalue weighted by atomic mass is 10.0. The minimum atomic E-state index is -0.429. The normalized spacial score (nSPS) is 16.3. The maximum absolute atomic E-state index is 14.5. The van der Waals surface area contributed by atoms with Gasteiger partial charge in [0.15, 0.2) is 11.6 Å². The molecule has 0 saturated carbocycles. The van der Waals surface area contributed by atoms with E-state index in [-0.39, 0.29) is 24.2 Å². The van der Waals surface area contributed by atoms with Crippen LogP contribution in [0.25, 0.3) is 0 Å². The van der Waals surface area contributed by atoms with Crippen LogP contribution >= 0.6 is 46.9 Å². The number of hydrogen-bond acceptors (Lipinski definition) is 4. The number of piperazine rings is 1. The number of thiophene rings is 1. The fourth-order valence-electron chi connectivity index (χ4n) is 2.99. The van der Waals surface area contributed by atoms with Crippen LogP contribution in [0.3, 0.4) is 0 Å². The van der Waals surface area contributed by atoms with Crippen molar-refractivity contribution in [2.45, 2.75) is 13.0 Å². The quantitative estimate of drug-likeness (QED) is 0.729. The molecule has 1 atom stereocenters. The van der Waals surface area contributed by atoms with Crippen molar-refractivity contribution in [1.29, 1.82) is 0 Å². The Kier molecular flexibility index (Phi) is 7.80. The molecule has 0 bridgehead atoms. The van der Waals surface area contributed by atoms with Gasteiger partial charge in [-0.25, -0.2) is 4.39 Å². The van der Waals surface area contributed by atoms with Gasteiger partial charge in [-0.15, -0.1) is 23.7 Å². The van der Waals surface area contributed by atoms with E-state index in [4.69, 9.17) is 27.9 Å². The number of benzene rings is 1. The van der Waals surface area contributed by atoms with E-state index in [1.807, 2.05) is 12.1 Å². The van der Waals surface area contributed by atoms with Crippen LogP contribution in [0.15, 0.2) is 24.3 Å². The van der Waals surface area contributed by atoms with E-state index in [1.54, 1.807) is 13.0 Å². The van der Waals surface area contributed by atoms with E-state index in [0.717, 1.165) is 41.0 Å². The molecule has 1 aliphatic heterocycles. The van der Waals surface area contributed by atoms with Crippen molar-refractivity contribution in [2.75, 3.05) is 32.8 Å². The van der Waals surface area contributed by atoms with Crippen LogP contribution in [0.1, 0.15) is 23.4 Å². The molecule has 0 radical (unpaired) electrons. The van der Waals surface area contributed by atoms with Crippen molar-refractivity contribution < 1.29 is 9.13 Å². The molecular weight excluding hydrogens is 406 g/mol. The van der Waals surface area contributed by atoms with Crippen molar-refractivity contribution in [3.63, 3.8) is 0 Å². The van der Waals surface area contributed by atoms with Crippen LogP contribution < -0.4 is 10.1 Å². The molecule has 1 fully saturated rings. The third-order valence-corrected chi connectivity index (χ3v) is 5.57. The first-order chi connectivity index (χ1) is 11.6. The molecule has 2 heterocycles. The Labute approximate surface area is 167 Å². The first-order valence-electron chi connectivity index (χ1n) is 7.92. The Morgan fingerprint density at radius 1 is 1.28 bits per heavy atom. The zero-order valence-electron chi connectivity index (χ0n) is 13.7. The minimum absolute atomic E-state index is 0. The Bertz CT molecular complexity index is 684. The number of halogens is 4. The highest BCUT2D eigenvalue weighted by Gasteiger charge is 2.27. The largest absolute Gasteiger partial charge is 0.489 e. The first kappa shape index (κ1) is 20.7. The molecular formula is C17H20Cl3FN2OS. The maximum Gasteiger partial charge on any atom is 0.173 e. The van der Waals surface area contributed by atoms with Crippen LogP contribution in [0.2, 0.25) is 9.36 Å². The summed E-state index contributed by atoms with van der Waals surface area (Å²) in [4.78, 5) is 3.41. The predicted molar refractivity (Wildman–Crippen MR) is 105 cm³/mol. The van der Waals surface area contributed by atoms with Crippen LogP contribution in [0, 0.1) is 5.82 Å². The summed E-state index contributed by atoms with van der Waals surface area (Å²) < 4.78 is 20.5. The van der Waals surface area contributed by atoms with E-state index in [2.05, 4.69) is 10.2 Å². The van der Waals surface area contributed by atoms with Crippen molar-refractivity contribution in [3.8, 4) is 5.75 Å². The highest BCUT2D eigenvalue weighted by atomic mass is 35.5. The second-order valence-corrected chi connectivity index (χ2v) is 7.73. The summed E-state index contributed by atoms with van der Waals surface area (Å²) in [5.74, 6) is -0.312. The number of hydrogen-bond donors (Lipinski definition) is 1. The molecule has 1 aromatic heterocycles. The van der Waals surface area contributed by atoms with E-state index < -0.39 is 5.82 Å². The molecule has 2 aromatic rings. The van der Waals surface area contributed by atoms with Gasteiger partial charge in [0.1, 0.15) is 0 Å². The molecule has 0 amide bonds. The number of nitrogens with one attached hydrogen (secondary N) is 1. The fourth-order valence-corrected chi connectivity index (χ4v) is 4.49. The Hall–Kier alpha value is -0.560. The number of rotatable bonds is 5. The third kappa shape index (κ3) is 4.79. The average Bonchev–Trinajstić information content (AvgIpc) is 2.98. The molecule has 3 nitrogen and oxygen atoms in total. The van der Waals surface area contributed by atoms with Crippen molar-refractivity contribution >= 4 is 46.9 Å². The van der Waals surface area contributed by atoms with Gasteiger partial charge in [-0.3, -0.25) is 4.90 Å². The molecule has 25 heavy (non-hydrogen) atoms. The molecule has 138 valence electrons. The molecule has 1 aliphatic rings. The Morgan fingerprint density at radius 3 is 2.56 bits per heavy atom. The summed E-state index contributed by atoms with van der Waals surface area (Å²) in [5.41, 5.74) is 0.821. The summed E-state index contributed by atoms with van der Waals surface area (Å²) in [6.45, 7) is 5.75. The topological polar surface area (TPSA) is 24.5 Å². The van der Waals surface area contributed by atoms with Gasteiger partial charge in [-0.2, -0.15) is 0 Å². The van der Waals surface area contributed by atoms with Crippen LogP contribution in [0.4, 0.5) is 4.39 Å². The highest BCUT2D eigenvalue weighted by molar-refractivity contribution is 7.16. The van der Waals surface area contributed by atoms with E-state index in [1.165, 1.54) is 17.4 Å². The SMILES string of the molecule is CCOc1c(F)cc([C@H](c2ccc(Cl)s2)N2CCNCC2)cc1Cl.Cl. The standard InChI is InChI=1S/C17H19Cl2FN2OS.ClH/c1-2-23-17-12(18)9-11(10-13(17)20)16(14-3-4-15(19)24-14)22-7-5-21-6-8-22;/h3-4,9-10,16,21H,2,5-8H2,1H3;1H/t16-;/m1./s1. The van der Waals surface area contributed by atoms with Gasteiger partial charge in [0.25, 0.3) is 0 Å². The van der Waals surface area contributed by atoms with Crippen LogP contribution in [-0.2, 0) is 0 Å². The highest BCUT2D eigenvalue weighted by Crippen LogP contribution is 2.39. The molecule has 0 aliphatic carbocycles. The molecule has 0 unspecified atom stereocenters. The van der Waals surface area contributed by atoms with Gasteiger partial charge in [-0.1, -0.05) is 23.2 Å². The lowest BCUT2D eigenvalue weighted by Gasteiger charge is -2.35. The predicted octanol–water partition coefficient (Wildman–Crippen LogP) is 5.01. The average molecular weight is 426 g/mol. The minimum Gasteiger partial charge on any atom is -0.489 e. The van der Waals surface area contributed by atoms with Crippen molar-refractivity contribution in [1.82, 2.24) is 10.2 Å². The number of nitrogens with zero attached hydrogens (tertiary/aromatic N) is 1. The summed E-state index contributed by atoms with van der Waals surface area (Å²) in [6, 6.07) is 7.14. The van der Waals surface area contributed by atoms with E-state index in [9.17, 15) is 4.39 Å². The van der Waals surface area contributed by atoms with Crippen LogP contribution in [-0.4, -0.2) is 37.7 Å². The summed E-state index contributed by atoms with van der Waals surface area (Å²) >= 11 is 13.9. The smallest absolute Gasteiger partial charge is 0.173 e. The first-order valence-corrected chi connectivity index (χ1v) is 9.49. The van der Waals surface area contributed by atoms with Gasteiger partial charge in [-0.05, 0) is 36.8 Å². The molecule has 1 aromatic carbocycles. The van der Waals surface area contributed by atoms with Gasteiger partial charge in [0.2, 0.25) is 0 Å². The number of ether oxygens (including phenoxy) is 1. The lowest BCUT2D eigenvalue weighted by Crippen LogP contribution is -2.45. The fraction of sp³-hybridized carbons (Fsp3) is 0.412. The zero-order chi connectivity index (χ0) is 17.1. The van der Waals surface area contributed by atoms with E-state index in [0.29, 0.717) is 11.6 Å². The Morgan fingerprint density at radius 2 is 2.00 bits per heavy atom. The van der Waals surface area contributed by atoms with Crippen molar-refractivity contribution in [2.24, 2.45) is 0 Å². The molecule has 0 spiro atoms. The second kappa shape index (κ2) is 9.40. The summed E-state index contributed by atoms with van der Waals surface area (Å²) in [5, 5.41) is 3.64. The molecule has 8 heteroatoms. The summed E-state index contributed by atoms with van der Waals surface area (Å²) in [7, 11) is 0. The Balaban J connectivity index is 0.00000225. The van der Waals surface area contributed by atoms with Crippen LogP contribution in [0.5, 0.6) is 5.75 Å². The molecule has 1 saturated heterocycles. The van der Waals surface area contributed by atoms with Gasteiger partial charge in [0.05, 0.1) is 22.0 Å². The van der Waals surface area contributed by atoms with Gasteiger partial charge < -0.3 is 10.1 Å². The zero-order valence-corrected chi connectivity index (χ0v) is 16.9. The van der Waals surface area contributed by atoms with Crippen molar-refractivity contribution in [3.05, 3.63) is 49.9 Å². The maximum atomic E-state index is 14.5. The molecule has 1 N–H and O–H groups in total. The lowest BCUT2D eigenvalue weighted by molar-refractivity contribution is 0.200. The van der Waals surface area contributed by atoms with E-state index >= 15 is 0 Å². The van der Waals surface area contributed by atoms with Gasteiger partial charge in [0, 0.05) is 31.1 Å². The molecule has 3 rings (SSSR count). The third-order valence-electron chi connectivity index (χ3n) is 4.01. The second-order valence-electron chi connectivity index (χ2n) is 5.58. The monoisotopic (exact) mass is 424 g/mol.